The highest BCUT2D eigenvalue weighted by Gasteiger charge is 2.26. The maximum atomic E-state index is 12.4. The number of piperazine rings is 1. The van der Waals surface area contributed by atoms with Gasteiger partial charge >= 0.3 is 6.03 Å². The Balaban J connectivity index is 1.49. The summed E-state index contributed by atoms with van der Waals surface area (Å²) < 4.78 is 0. The molecule has 0 bridgehead atoms. The van der Waals surface area contributed by atoms with E-state index in [1.54, 1.807) is 11.8 Å². The van der Waals surface area contributed by atoms with Crippen LogP contribution in [0.3, 0.4) is 0 Å². The molecule has 1 aromatic rings. The number of carbonyl (C=O) groups is 2. The van der Waals surface area contributed by atoms with E-state index >= 15 is 0 Å². The fourth-order valence-electron chi connectivity index (χ4n) is 3.28. The van der Waals surface area contributed by atoms with E-state index in [9.17, 15) is 9.59 Å². The number of hydrogen-bond donors (Lipinski definition) is 1. The number of aliphatic imine (C=N–C) groups is 1. The van der Waals surface area contributed by atoms with Crippen LogP contribution in [0.25, 0.3) is 0 Å². The number of anilines is 1. The molecule has 3 amide bonds. The number of amides is 3. The number of dihydropyridines is 1. The summed E-state index contributed by atoms with van der Waals surface area (Å²) in [6.45, 7) is 6.79. The Morgan fingerprint density at radius 2 is 1.85 bits per heavy atom. The van der Waals surface area contributed by atoms with E-state index in [-0.39, 0.29) is 24.4 Å². The molecule has 0 saturated carbocycles. The first-order valence-electron chi connectivity index (χ1n) is 8.74. The number of benzene rings is 1. The number of hydrogen-bond acceptors (Lipinski definition) is 3. The van der Waals surface area contributed by atoms with Gasteiger partial charge in [0.2, 0.25) is 0 Å². The first kappa shape index (κ1) is 18.5. The van der Waals surface area contributed by atoms with Crippen molar-refractivity contribution in [3.63, 3.8) is 0 Å². The lowest BCUT2D eigenvalue weighted by Gasteiger charge is -2.36. The van der Waals surface area contributed by atoms with Crippen LogP contribution in [-0.4, -0.2) is 55.3 Å². The second kappa shape index (κ2) is 7.91. The van der Waals surface area contributed by atoms with E-state index in [2.05, 4.69) is 15.2 Å². The second-order valence-electron chi connectivity index (χ2n) is 6.67. The highest BCUT2D eigenvalue weighted by molar-refractivity contribution is 6.30. The van der Waals surface area contributed by atoms with Crippen LogP contribution >= 0.6 is 11.6 Å². The third kappa shape index (κ3) is 4.25. The summed E-state index contributed by atoms with van der Waals surface area (Å²) in [6.07, 6.45) is 1.89. The number of rotatable bonds is 3. The summed E-state index contributed by atoms with van der Waals surface area (Å²) in [4.78, 5) is 32.4. The molecule has 1 unspecified atom stereocenters. The zero-order valence-corrected chi connectivity index (χ0v) is 15.8. The molecule has 0 aromatic heterocycles. The lowest BCUT2D eigenvalue weighted by atomic mass is 9.96. The van der Waals surface area contributed by atoms with Crippen molar-refractivity contribution >= 4 is 34.9 Å². The molecule has 0 aliphatic carbocycles. The Labute approximate surface area is 158 Å². The molecule has 2 heterocycles. The van der Waals surface area contributed by atoms with Gasteiger partial charge in [-0.05, 0) is 44.2 Å². The minimum absolute atomic E-state index is 0.132. The van der Waals surface area contributed by atoms with Gasteiger partial charge in [-0.3, -0.25) is 4.79 Å². The van der Waals surface area contributed by atoms with E-state index in [0.717, 1.165) is 24.4 Å². The SMILES string of the molecule is CC1=CC(C)=NC(=O)C1CNC(=O)N1CCN(c2ccc(Cl)cc2)CC1. The van der Waals surface area contributed by atoms with Crippen LogP contribution in [0.4, 0.5) is 10.5 Å². The monoisotopic (exact) mass is 374 g/mol. The predicted molar refractivity (Wildman–Crippen MR) is 104 cm³/mol. The largest absolute Gasteiger partial charge is 0.368 e. The minimum atomic E-state index is -0.363. The Bertz CT molecular complexity index is 749. The van der Waals surface area contributed by atoms with E-state index in [1.165, 1.54) is 0 Å². The maximum absolute atomic E-state index is 12.4. The fraction of sp³-hybridized carbons (Fsp3) is 0.421. The Kier molecular flexibility index (Phi) is 5.61. The summed E-state index contributed by atoms with van der Waals surface area (Å²) in [6, 6.07) is 7.59. The highest BCUT2D eigenvalue weighted by Crippen LogP contribution is 2.20. The molecule has 1 saturated heterocycles. The predicted octanol–water partition coefficient (Wildman–Crippen LogP) is 2.74. The van der Waals surface area contributed by atoms with Crippen molar-refractivity contribution in [3.05, 3.63) is 40.9 Å². The molecular formula is C19H23ClN4O2. The highest BCUT2D eigenvalue weighted by atomic mass is 35.5. The molecular weight excluding hydrogens is 352 g/mol. The summed E-state index contributed by atoms with van der Waals surface area (Å²) in [5, 5.41) is 3.60. The summed E-state index contributed by atoms with van der Waals surface area (Å²) in [5.74, 6) is -0.548. The molecule has 1 aromatic carbocycles. The van der Waals surface area contributed by atoms with Crippen LogP contribution in [0, 0.1) is 5.92 Å². The Morgan fingerprint density at radius 3 is 2.46 bits per heavy atom. The van der Waals surface area contributed by atoms with Gasteiger partial charge in [-0.2, -0.15) is 0 Å². The average Bonchev–Trinajstić information content (AvgIpc) is 2.61. The number of nitrogens with one attached hydrogen (secondary N) is 1. The Morgan fingerprint density at radius 1 is 1.19 bits per heavy atom. The smallest absolute Gasteiger partial charge is 0.317 e. The molecule has 1 atom stereocenters. The molecule has 0 spiro atoms. The Hall–Kier alpha value is -2.34. The molecule has 0 radical (unpaired) electrons. The van der Waals surface area contributed by atoms with Crippen LogP contribution < -0.4 is 10.2 Å². The molecule has 138 valence electrons. The first-order chi connectivity index (χ1) is 12.4. The molecule has 26 heavy (non-hydrogen) atoms. The van der Waals surface area contributed by atoms with E-state index < -0.39 is 0 Å². The van der Waals surface area contributed by atoms with Crippen LogP contribution in [-0.2, 0) is 4.79 Å². The number of nitrogens with zero attached hydrogens (tertiary/aromatic N) is 3. The zero-order valence-electron chi connectivity index (χ0n) is 15.0. The molecule has 7 heteroatoms. The standard InChI is InChI=1S/C19H23ClN4O2/c1-13-11-14(2)22-18(25)17(13)12-21-19(26)24-9-7-23(8-10-24)16-5-3-15(20)4-6-16/h3-6,11,17H,7-10,12H2,1-2H3,(H,21,26). The van der Waals surface area contributed by atoms with E-state index in [1.807, 2.05) is 37.3 Å². The number of urea groups is 1. The minimum Gasteiger partial charge on any atom is -0.368 e. The lowest BCUT2D eigenvalue weighted by molar-refractivity contribution is -0.120. The van der Waals surface area contributed by atoms with E-state index in [0.29, 0.717) is 23.8 Å². The van der Waals surface area contributed by atoms with Gasteiger partial charge < -0.3 is 15.1 Å². The van der Waals surface area contributed by atoms with Crippen molar-refractivity contribution in [2.45, 2.75) is 13.8 Å². The summed E-state index contributed by atoms with van der Waals surface area (Å²) in [5.41, 5.74) is 2.76. The van der Waals surface area contributed by atoms with Gasteiger partial charge in [0.15, 0.2) is 0 Å². The van der Waals surface area contributed by atoms with Crippen molar-refractivity contribution in [2.75, 3.05) is 37.6 Å². The van der Waals surface area contributed by atoms with Gasteiger partial charge in [0, 0.05) is 49.1 Å². The normalized spacial score (nSPS) is 20.6. The number of carbonyl (C=O) groups excluding carboxylic acids is 2. The van der Waals surface area contributed by atoms with Gasteiger partial charge in [0.1, 0.15) is 0 Å². The second-order valence-corrected chi connectivity index (χ2v) is 7.11. The average molecular weight is 375 g/mol. The fourth-order valence-corrected chi connectivity index (χ4v) is 3.40. The summed E-state index contributed by atoms with van der Waals surface area (Å²) >= 11 is 5.93. The van der Waals surface area contributed by atoms with Gasteiger partial charge in [0.05, 0.1) is 5.92 Å². The van der Waals surface area contributed by atoms with E-state index in [4.69, 9.17) is 11.6 Å². The van der Waals surface area contributed by atoms with Crippen LogP contribution in [0.5, 0.6) is 0 Å². The molecule has 2 aliphatic heterocycles. The van der Waals surface area contributed by atoms with Crippen molar-refractivity contribution in [3.8, 4) is 0 Å². The quantitative estimate of drug-likeness (QED) is 0.884. The lowest BCUT2D eigenvalue weighted by Crippen LogP contribution is -2.52. The molecule has 6 nitrogen and oxygen atoms in total. The molecule has 3 rings (SSSR count). The third-order valence-electron chi connectivity index (χ3n) is 4.79. The first-order valence-corrected chi connectivity index (χ1v) is 9.12. The summed E-state index contributed by atoms with van der Waals surface area (Å²) in [7, 11) is 0. The van der Waals surface area contributed by atoms with Crippen LogP contribution in [0.2, 0.25) is 5.02 Å². The van der Waals surface area contributed by atoms with Crippen molar-refractivity contribution in [2.24, 2.45) is 10.9 Å². The van der Waals surface area contributed by atoms with Gasteiger partial charge in [-0.1, -0.05) is 17.2 Å². The number of allylic oxidation sites excluding steroid dienone is 1. The molecule has 1 N–H and O–H groups in total. The van der Waals surface area contributed by atoms with Crippen LogP contribution in [0.1, 0.15) is 13.8 Å². The van der Waals surface area contributed by atoms with Crippen molar-refractivity contribution in [1.29, 1.82) is 0 Å². The topological polar surface area (TPSA) is 65.0 Å². The van der Waals surface area contributed by atoms with Gasteiger partial charge in [-0.15, -0.1) is 0 Å². The molecule has 2 aliphatic rings. The van der Waals surface area contributed by atoms with Gasteiger partial charge in [-0.25, -0.2) is 9.79 Å². The van der Waals surface area contributed by atoms with Crippen molar-refractivity contribution in [1.82, 2.24) is 10.2 Å². The number of halogens is 1. The molecule has 1 fully saturated rings. The van der Waals surface area contributed by atoms with Gasteiger partial charge in [0.25, 0.3) is 5.91 Å². The zero-order chi connectivity index (χ0) is 18.7. The van der Waals surface area contributed by atoms with Crippen molar-refractivity contribution < 1.29 is 9.59 Å². The van der Waals surface area contributed by atoms with Crippen LogP contribution in [0.15, 0.2) is 40.9 Å². The third-order valence-corrected chi connectivity index (χ3v) is 5.04. The maximum Gasteiger partial charge on any atom is 0.317 e.